The van der Waals surface area contributed by atoms with Crippen molar-refractivity contribution in [2.45, 2.75) is 37.8 Å². The lowest BCUT2D eigenvalue weighted by molar-refractivity contribution is -0.00438. The zero-order valence-electron chi connectivity index (χ0n) is 8.04. The molecule has 0 aromatic rings. The quantitative estimate of drug-likeness (QED) is 0.626. The van der Waals surface area contributed by atoms with E-state index in [1.807, 2.05) is 0 Å². The molecule has 76 valence electrons. The van der Waals surface area contributed by atoms with Crippen LogP contribution in [0.3, 0.4) is 0 Å². The Hall–Kier alpha value is -0.120. The van der Waals surface area contributed by atoms with Crippen LogP contribution in [-0.2, 0) is 4.74 Å². The molecule has 1 aliphatic carbocycles. The van der Waals surface area contributed by atoms with Crippen LogP contribution in [-0.4, -0.2) is 37.0 Å². The second-order valence-electron chi connectivity index (χ2n) is 4.15. The van der Waals surface area contributed by atoms with E-state index in [4.69, 9.17) is 4.74 Å². The van der Waals surface area contributed by atoms with E-state index in [-0.39, 0.29) is 6.10 Å². The Balaban J connectivity index is 1.88. The largest absolute Gasteiger partial charge is 0.393 e. The Morgan fingerprint density at radius 3 is 2.77 bits per heavy atom. The standard InChI is InChI=1S/C10H19NO2/c12-10-4-2-1-3-8(10)9-7-13-6-5-11-9/h8-12H,1-7H2/t8-,9-,10-/m1/s1. The van der Waals surface area contributed by atoms with Crippen molar-refractivity contribution in [2.24, 2.45) is 5.92 Å². The van der Waals surface area contributed by atoms with Crippen LogP contribution < -0.4 is 5.32 Å². The maximum Gasteiger partial charge on any atom is 0.0623 e. The van der Waals surface area contributed by atoms with Crippen LogP contribution in [0, 0.1) is 5.92 Å². The third kappa shape index (κ3) is 2.22. The van der Waals surface area contributed by atoms with Crippen LogP contribution in [0.4, 0.5) is 0 Å². The highest BCUT2D eigenvalue weighted by atomic mass is 16.5. The predicted molar refractivity (Wildman–Crippen MR) is 50.6 cm³/mol. The van der Waals surface area contributed by atoms with E-state index < -0.39 is 0 Å². The number of ether oxygens (including phenoxy) is 1. The van der Waals surface area contributed by atoms with Gasteiger partial charge in [-0.3, -0.25) is 0 Å². The fourth-order valence-electron chi connectivity index (χ4n) is 2.47. The van der Waals surface area contributed by atoms with Gasteiger partial charge in [-0.1, -0.05) is 12.8 Å². The third-order valence-electron chi connectivity index (χ3n) is 3.25. The number of hydrogen-bond donors (Lipinski definition) is 2. The highest BCUT2D eigenvalue weighted by Gasteiger charge is 2.31. The zero-order chi connectivity index (χ0) is 9.10. The molecular formula is C10H19NO2. The van der Waals surface area contributed by atoms with Crippen LogP contribution >= 0.6 is 0 Å². The summed E-state index contributed by atoms with van der Waals surface area (Å²) < 4.78 is 5.41. The summed E-state index contributed by atoms with van der Waals surface area (Å²) in [4.78, 5) is 0. The molecule has 0 aromatic heterocycles. The molecule has 1 heterocycles. The van der Waals surface area contributed by atoms with Gasteiger partial charge in [0, 0.05) is 18.5 Å². The van der Waals surface area contributed by atoms with Gasteiger partial charge in [0.05, 0.1) is 19.3 Å². The topological polar surface area (TPSA) is 41.5 Å². The summed E-state index contributed by atoms with van der Waals surface area (Å²) in [6.07, 6.45) is 4.48. The van der Waals surface area contributed by atoms with E-state index in [1.54, 1.807) is 0 Å². The fraction of sp³-hybridized carbons (Fsp3) is 1.00. The maximum absolute atomic E-state index is 9.83. The summed E-state index contributed by atoms with van der Waals surface area (Å²) in [6.45, 7) is 2.54. The highest BCUT2D eigenvalue weighted by molar-refractivity contribution is 4.86. The van der Waals surface area contributed by atoms with Gasteiger partial charge in [0.2, 0.25) is 0 Å². The van der Waals surface area contributed by atoms with Gasteiger partial charge in [-0.2, -0.15) is 0 Å². The molecule has 0 spiro atoms. The molecule has 2 aliphatic rings. The fourth-order valence-corrected chi connectivity index (χ4v) is 2.47. The van der Waals surface area contributed by atoms with E-state index >= 15 is 0 Å². The molecular weight excluding hydrogens is 166 g/mol. The average Bonchev–Trinajstić information content (AvgIpc) is 2.20. The van der Waals surface area contributed by atoms with Gasteiger partial charge in [-0.15, -0.1) is 0 Å². The maximum atomic E-state index is 9.83. The first-order valence-electron chi connectivity index (χ1n) is 5.37. The molecule has 3 atom stereocenters. The molecule has 2 N–H and O–H groups in total. The first kappa shape index (κ1) is 9.44. The summed E-state index contributed by atoms with van der Waals surface area (Å²) in [7, 11) is 0. The molecule has 2 fully saturated rings. The van der Waals surface area contributed by atoms with E-state index in [1.165, 1.54) is 12.8 Å². The smallest absolute Gasteiger partial charge is 0.0623 e. The average molecular weight is 185 g/mol. The van der Waals surface area contributed by atoms with E-state index in [0.29, 0.717) is 12.0 Å². The molecule has 3 heteroatoms. The van der Waals surface area contributed by atoms with Crippen LogP contribution in [0.25, 0.3) is 0 Å². The van der Waals surface area contributed by atoms with E-state index in [2.05, 4.69) is 5.32 Å². The minimum atomic E-state index is -0.104. The van der Waals surface area contributed by atoms with E-state index in [9.17, 15) is 5.11 Å². The Morgan fingerprint density at radius 1 is 1.23 bits per heavy atom. The van der Waals surface area contributed by atoms with Gasteiger partial charge in [0.15, 0.2) is 0 Å². The van der Waals surface area contributed by atoms with Gasteiger partial charge in [-0.25, -0.2) is 0 Å². The normalized spacial score (nSPS) is 41.8. The molecule has 1 aliphatic heterocycles. The van der Waals surface area contributed by atoms with Crippen molar-refractivity contribution in [3.05, 3.63) is 0 Å². The number of rotatable bonds is 1. The first-order valence-corrected chi connectivity index (χ1v) is 5.37. The van der Waals surface area contributed by atoms with Crippen LogP contribution in [0.2, 0.25) is 0 Å². The van der Waals surface area contributed by atoms with Gasteiger partial charge < -0.3 is 15.2 Å². The minimum Gasteiger partial charge on any atom is -0.393 e. The Morgan fingerprint density at radius 2 is 2.08 bits per heavy atom. The molecule has 0 radical (unpaired) electrons. The van der Waals surface area contributed by atoms with Gasteiger partial charge >= 0.3 is 0 Å². The van der Waals surface area contributed by atoms with Crippen molar-refractivity contribution in [1.29, 1.82) is 0 Å². The van der Waals surface area contributed by atoms with Crippen LogP contribution in [0.5, 0.6) is 0 Å². The van der Waals surface area contributed by atoms with Crippen molar-refractivity contribution in [2.75, 3.05) is 19.8 Å². The third-order valence-corrected chi connectivity index (χ3v) is 3.25. The van der Waals surface area contributed by atoms with Gasteiger partial charge in [0.25, 0.3) is 0 Å². The molecule has 13 heavy (non-hydrogen) atoms. The van der Waals surface area contributed by atoms with E-state index in [0.717, 1.165) is 32.6 Å². The lowest BCUT2D eigenvalue weighted by atomic mass is 9.81. The Kier molecular flexibility index (Phi) is 3.19. The van der Waals surface area contributed by atoms with Gasteiger partial charge in [-0.05, 0) is 12.8 Å². The first-order chi connectivity index (χ1) is 6.38. The SMILES string of the molecule is O[C@@H]1CCCC[C@@H]1[C@H]1COCCN1. The molecule has 0 amide bonds. The van der Waals surface area contributed by atoms with Crippen molar-refractivity contribution >= 4 is 0 Å². The number of morpholine rings is 1. The van der Waals surface area contributed by atoms with Crippen molar-refractivity contribution in [1.82, 2.24) is 5.32 Å². The number of nitrogens with one attached hydrogen (secondary N) is 1. The van der Waals surface area contributed by atoms with Crippen molar-refractivity contribution < 1.29 is 9.84 Å². The lowest BCUT2D eigenvalue weighted by Gasteiger charge is -2.36. The summed E-state index contributed by atoms with van der Waals surface area (Å²) >= 11 is 0. The number of aliphatic hydroxyl groups excluding tert-OH is 1. The number of hydrogen-bond acceptors (Lipinski definition) is 3. The predicted octanol–water partition coefficient (Wildman–Crippen LogP) is 0.526. The van der Waals surface area contributed by atoms with Crippen LogP contribution in [0.1, 0.15) is 25.7 Å². The molecule has 0 unspecified atom stereocenters. The van der Waals surface area contributed by atoms with Crippen LogP contribution in [0.15, 0.2) is 0 Å². The molecule has 0 bridgehead atoms. The highest BCUT2D eigenvalue weighted by Crippen LogP contribution is 2.27. The lowest BCUT2D eigenvalue weighted by Crippen LogP contribution is -2.50. The molecule has 1 saturated carbocycles. The van der Waals surface area contributed by atoms with Gasteiger partial charge in [0.1, 0.15) is 0 Å². The van der Waals surface area contributed by atoms with Crippen molar-refractivity contribution in [3.63, 3.8) is 0 Å². The minimum absolute atomic E-state index is 0.104. The molecule has 1 saturated heterocycles. The summed E-state index contributed by atoms with van der Waals surface area (Å²) in [5, 5.41) is 13.3. The second-order valence-corrected chi connectivity index (χ2v) is 4.15. The summed E-state index contributed by atoms with van der Waals surface area (Å²) in [6, 6.07) is 0.393. The molecule has 3 nitrogen and oxygen atoms in total. The summed E-state index contributed by atoms with van der Waals surface area (Å²) in [5.41, 5.74) is 0. The Bertz CT molecular complexity index is 157. The molecule has 0 aromatic carbocycles. The monoisotopic (exact) mass is 185 g/mol. The Labute approximate surface area is 79.5 Å². The molecule has 2 rings (SSSR count). The zero-order valence-corrected chi connectivity index (χ0v) is 8.04. The number of aliphatic hydroxyl groups is 1. The van der Waals surface area contributed by atoms with Crippen molar-refractivity contribution in [3.8, 4) is 0 Å². The second kappa shape index (κ2) is 4.40. The summed E-state index contributed by atoms with van der Waals surface area (Å²) in [5.74, 6) is 0.425.